The van der Waals surface area contributed by atoms with Gasteiger partial charge in [0.05, 0.1) is 11.2 Å². The summed E-state index contributed by atoms with van der Waals surface area (Å²) in [5.41, 5.74) is 2.10. The van der Waals surface area contributed by atoms with Gasteiger partial charge in [0.25, 0.3) is 5.91 Å². The van der Waals surface area contributed by atoms with Gasteiger partial charge in [0.15, 0.2) is 0 Å². The van der Waals surface area contributed by atoms with E-state index >= 15 is 0 Å². The van der Waals surface area contributed by atoms with E-state index in [0.29, 0.717) is 10.8 Å². The quantitative estimate of drug-likeness (QED) is 0.454. The first-order valence-corrected chi connectivity index (χ1v) is 5.51. The Kier molecular flexibility index (Phi) is 4.03. The minimum atomic E-state index is -0.264. The molecule has 0 atom stereocenters. The summed E-state index contributed by atoms with van der Waals surface area (Å²) in [6, 6.07) is 0. The first kappa shape index (κ1) is 11.1. The van der Waals surface area contributed by atoms with Gasteiger partial charge in [0, 0.05) is 5.92 Å². The van der Waals surface area contributed by atoms with Gasteiger partial charge in [-0.1, -0.05) is 13.8 Å². The fourth-order valence-electron chi connectivity index (χ4n) is 1.29. The molecule has 14 heavy (non-hydrogen) atoms. The number of hydrazine groups is 1. The van der Waals surface area contributed by atoms with E-state index in [-0.39, 0.29) is 5.91 Å². The van der Waals surface area contributed by atoms with E-state index in [1.165, 1.54) is 11.3 Å². The molecule has 0 saturated carbocycles. The first-order valence-electron chi connectivity index (χ1n) is 4.69. The number of nitrogens with zero attached hydrogens (tertiary/aromatic N) is 1. The van der Waals surface area contributed by atoms with Gasteiger partial charge in [0.1, 0.15) is 4.88 Å². The summed E-state index contributed by atoms with van der Waals surface area (Å²) in [5, 5.41) is 1.02. The molecule has 1 amide bonds. The SMILES string of the molecule is CCC(CC)c1ncc(C(=O)NN)s1. The summed E-state index contributed by atoms with van der Waals surface area (Å²) in [5.74, 6) is 5.23. The van der Waals surface area contributed by atoms with Crippen molar-refractivity contribution in [2.24, 2.45) is 5.84 Å². The molecule has 0 spiro atoms. The second-order valence-electron chi connectivity index (χ2n) is 3.05. The molecular formula is C9H15N3OS. The molecule has 78 valence electrons. The Hall–Kier alpha value is -0.940. The number of nitrogens with two attached hydrogens (primary N) is 1. The summed E-state index contributed by atoms with van der Waals surface area (Å²) in [4.78, 5) is 16.0. The lowest BCUT2D eigenvalue weighted by Crippen LogP contribution is -2.29. The normalized spacial score (nSPS) is 10.6. The van der Waals surface area contributed by atoms with Gasteiger partial charge in [0.2, 0.25) is 0 Å². The minimum absolute atomic E-state index is 0.264. The highest BCUT2D eigenvalue weighted by Crippen LogP contribution is 2.26. The number of rotatable bonds is 4. The summed E-state index contributed by atoms with van der Waals surface area (Å²) in [7, 11) is 0. The maximum atomic E-state index is 11.2. The lowest BCUT2D eigenvalue weighted by atomic mass is 10.1. The van der Waals surface area contributed by atoms with Crippen molar-refractivity contribution in [1.82, 2.24) is 10.4 Å². The highest BCUT2D eigenvalue weighted by Gasteiger charge is 2.14. The van der Waals surface area contributed by atoms with Crippen LogP contribution in [0.2, 0.25) is 0 Å². The molecule has 0 aliphatic carbocycles. The summed E-state index contributed by atoms with van der Waals surface area (Å²) in [6.07, 6.45) is 3.68. The first-order chi connectivity index (χ1) is 6.72. The van der Waals surface area contributed by atoms with E-state index in [4.69, 9.17) is 5.84 Å². The zero-order valence-electron chi connectivity index (χ0n) is 8.41. The third-order valence-electron chi connectivity index (χ3n) is 2.21. The maximum Gasteiger partial charge on any atom is 0.276 e. The van der Waals surface area contributed by atoms with E-state index in [1.54, 1.807) is 6.20 Å². The van der Waals surface area contributed by atoms with E-state index in [1.807, 2.05) is 0 Å². The van der Waals surface area contributed by atoms with E-state index in [9.17, 15) is 4.79 Å². The highest BCUT2D eigenvalue weighted by molar-refractivity contribution is 7.13. The highest BCUT2D eigenvalue weighted by atomic mass is 32.1. The van der Waals surface area contributed by atoms with Gasteiger partial charge in [-0.05, 0) is 12.8 Å². The molecule has 1 aromatic rings. The van der Waals surface area contributed by atoms with Gasteiger partial charge in [-0.3, -0.25) is 10.2 Å². The Morgan fingerprint density at radius 2 is 2.29 bits per heavy atom. The number of nitrogen functional groups attached to an aromatic ring is 1. The van der Waals surface area contributed by atoms with Crippen LogP contribution in [0.4, 0.5) is 0 Å². The number of thiazole rings is 1. The molecule has 0 aliphatic rings. The second kappa shape index (κ2) is 5.07. The van der Waals surface area contributed by atoms with Crippen molar-refractivity contribution >= 4 is 17.2 Å². The molecule has 3 N–H and O–H groups in total. The predicted octanol–water partition coefficient (Wildman–Crippen LogP) is 1.65. The van der Waals surface area contributed by atoms with Crippen molar-refractivity contribution in [2.75, 3.05) is 0 Å². The zero-order valence-corrected chi connectivity index (χ0v) is 9.23. The molecule has 0 bridgehead atoms. The molecular weight excluding hydrogens is 198 g/mol. The number of hydrogen-bond acceptors (Lipinski definition) is 4. The van der Waals surface area contributed by atoms with E-state index < -0.39 is 0 Å². The fraction of sp³-hybridized carbons (Fsp3) is 0.556. The van der Waals surface area contributed by atoms with Crippen LogP contribution in [0.15, 0.2) is 6.20 Å². The second-order valence-corrected chi connectivity index (χ2v) is 4.11. The average molecular weight is 213 g/mol. The standard InChI is InChI=1S/C9H15N3OS/c1-3-6(4-2)9-11-5-7(14-9)8(13)12-10/h5-6H,3-4,10H2,1-2H3,(H,12,13). The van der Waals surface area contributed by atoms with Crippen molar-refractivity contribution in [3.63, 3.8) is 0 Å². The molecule has 0 unspecified atom stereocenters. The van der Waals surface area contributed by atoms with Crippen LogP contribution in [0.1, 0.15) is 47.3 Å². The number of nitrogens with one attached hydrogen (secondary N) is 1. The molecule has 1 aromatic heterocycles. The fourth-order valence-corrected chi connectivity index (χ4v) is 2.38. The van der Waals surface area contributed by atoms with Crippen molar-refractivity contribution < 1.29 is 4.79 Å². The Labute approximate surface area is 87.5 Å². The maximum absolute atomic E-state index is 11.2. The number of amides is 1. The average Bonchev–Trinajstić information content (AvgIpc) is 2.68. The van der Waals surface area contributed by atoms with Gasteiger partial charge in [-0.25, -0.2) is 10.8 Å². The van der Waals surface area contributed by atoms with Crippen molar-refractivity contribution in [2.45, 2.75) is 32.6 Å². The third kappa shape index (κ3) is 2.30. The number of hydrogen-bond donors (Lipinski definition) is 2. The zero-order chi connectivity index (χ0) is 10.6. The predicted molar refractivity (Wildman–Crippen MR) is 57.1 cm³/mol. The van der Waals surface area contributed by atoms with Crippen LogP contribution in [0.5, 0.6) is 0 Å². The molecule has 1 heterocycles. The molecule has 0 radical (unpaired) electrons. The van der Waals surface area contributed by atoms with Crippen molar-refractivity contribution in [3.05, 3.63) is 16.1 Å². The van der Waals surface area contributed by atoms with Crippen LogP contribution in [-0.4, -0.2) is 10.9 Å². The summed E-state index contributed by atoms with van der Waals surface area (Å²) in [6.45, 7) is 4.25. The molecule has 0 saturated heterocycles. The van der Waals surface area contributed by atoms with E-state index in [2.05, 4.69) is 24.3 Å². The van der Waals surface area contributed by atoms with Gasteiger partial charge in [-0.15, -0.1) is 11.3 Å². The molecule has 0 fully saturated rings. The monoisotopic (exact) mass is 213 g/mol. The smallest absolute Gasteiger partial charge is 0.276 e. The molecule has 0 aromatic carbocycles. The largest absolute Gasteiger partial charge is 0.289 e. The van der Waals surface area contributed by atoms with Gasteiger partial charge < -0.3 is 0 Å². The molecule has 0 aliphatic heterocycles. The Morgan fingerprint density at radius 3 is 2.79 bits per heavy atom. The Morgan fingerprint density at radius 1 is 1.64 bits per heavy atom. The number of carbonyl (C=O) groups is 1. The van der Waals surface area contributed by atoms with Crippen molar-refractivity contribution in [3.8, 4) is 0 Å². The summed E-state index contributed by atoms with van der Waals surface area (Å²) < 4.78 is 0. The lowest BCUT2D eigenvalue weighted by Gasteiger charge is -2.06. The third-order valence-corrected chi connectivity index (χ3v) is 3.37. The van der Waals surface area contributed by atoms with Crippen LogP contribution in [0, 0.1) is 0 Å². The number of carbonyl (C=O) groups excluding carboxylic acids is 1. The number of aromatic nitrogens is 1. The lowest BCUT2D eigenvalue weighted by molar-refractivity contribution is 0.0957. The van der Waals surface area contributed by atoms with Crippen molar-refractivity contribution in [1.29, 1.82) is 0 Å². The topological polar surface area (TPSA) is 68.0 Å². The molecule has 1 rings (SSSR count). The van der Waals surface area contributed by atoms with E-state index in [0.717, 1.165) is 17.8 Å². The minimum Gasteiger partial charge on any atom is -0.289 e. The van der Waals surface area contributed by atoms with Gasteiger partial charge in [-0.2, -0.15) is 0 Å². The van der Waals surface area contributed by atoms with Gasteiger partial charge >= 0.3 is 0 Å². The van der Waals surface area contributed by atoms with Crippen LogP contribution >= 0.6 is 11.3 Å². The Bertz CT molecular complexity index is 307. The molecule has 5 heteroatoms. The van der Waals surface area contributed by atoms with Crippen LogP contribution in [0.25, 0.3) is 0 Å². The molecule has 4 nitrogen and oxygen atoms in total. The van der Waals surface area contributed by atoms with Crippen LogP contribution < -0.4 is 11.3 Å². The Balaban J connectivity index is 2.81. The summed E-state index contributed by atoms with van der Waals surface area (Å²) >= 11 is 1.42. The van der Waals surface area contributed by atoms with Crippen LogP contribution in [0.3, 0.4) is 0 Å². The van der Waals surface area contributed by atoms with Crippen LogP contribution in [-0.2, 0) is 0 Å².